The van der Waals surface area contributed by atoms with Crippen molar-refractivity contribution >= 4 is 57.1 Å². The van der Waals surface area contributed by atoms with Crippen molar-refractivity contribution in [2.45, 2.75) is 122 Å². The van der Waals surface area contributed by atoms with Gasteiger partial charge in [-0.3, -0.25) is 24.7 Å². The first kappa shape index (κ1) is 58.5. The lowest BCUT2D eigenvalue weighted by Crippen LogP contribution is -2.57. The molecule has 2 atom stereocenters. The number of piperidine rings is 1. The second-order valence-electron chi connectivity index (χ2n) is 26.1. The van der Waals surface area contributed by atoms with E-state index < -0.39 is 17.4 Å². The van der Waals surface area contributed by atoms with Crippen LogP contribution < -0.4 is 29.3 Å². The van der Waals surface area contributed by atoms with E-state index in [4.69, 9.17) is 33.7 Å². The molecule has 5 aromatic rings. The molecule has 1 spiro atoms. The van der Waals surface area contributed by atoms with Crippen LogP contribution in [-0.2, 0) is 20.7 Å². The predicted octanol–water partition coefficient (Wildman–Crippen LogP) is 10.2. The highest BCUT2D eigenvalue weighted by molar-refractivity contribution is 6.07. The Kier molecular flexibility index (Phi) is 16.3. The molecule has 7 aliphatic rings. The Labute approximate surface area is 496 Å². The van der Waals surface area contributed by atoms with Crippen LogP contribution in [0.4, 0.5) is 29.9 Å². The second-order valence-corrected chi connectivity index (χ2v) is 26.1. The molecular weight excluding hydrogens is 1090 g/mol. The number of ether oxygens (including phenoxy) is 5. The van der Waals surface area contributed by atoms with Gasteiger partial charge < -0.3 is 43.3 Å². The minimum atomic E-state index is -0.637. The summed E-state index contributed by atoms with van der Waals surface area (Å²) >= 11 is 0. The van der Waals surface area contributed by atoms with Crippen molar-refractivity contribution in [3.05, 3.63) is 77.4 Å². The van der Waals surface area contributed by atoms with Crippen LogP contribution >= 0.6 is 0 Å². The van der Waals surface area contributed by atoms with Crippen LogP contribution in [0.5, 0.6) is 17.5 Å². The van der Waals surface area contributed by atoms with Crippen LogP contribution in [0.1, 0.15) is 114 Å². The largest absolute Gasteiger partial charge is 0.495 e. The molecular formula is C65H81F2N9O9. The van der Waals surface area contributed by atoms with Crippen molar-refractivity contribution in [3.8, 4) is 28.6 Å². The van der Waals surface area contributed by atoms with E-state index in [1.54, 1.807) is 36.4 Å². The number of likely N-dealkylation sites (tertiary alicyclic amines) is 1. The lowest BCUT2D eigenvalue weighted by Gasteiger charge is -2.47. The molecule has 12 rings (SSSR count). The number of methoxy groups -OCH3 is 2. The quantitative estimate of drug-likeness (QED) is 0.0926. The van der Waals surface area contributed by atoms with Crippen LogP contribution in [0.15, 0.2) is 54.6 Å². The Morgan fingerprint density at radius 3 is 2.19 bits per heavy atom. The minimum Gasteiger partial charge on any atom is -0.495 e. The zero-order chi connectivity index (χ0) is 59.4. The molecule has 2 aliphatic carbocycles. The van der Waals surface area contributed by atoms with E-state index in [9.17, 15) is 19.2 Å². The Morgan fingerprint density at radius 2 is 1.52 bits per heavy atom. The Bertz CT molecular complexity index is 3350. The summed E-state index contributed by atoms with van der Waals surface area (Å²) in [5.41, 5.74) is 1.84. The van der Waals surface area contributed by atoms with Gasteiger partial charge in [0.2, 0.25) is 5.91 Å². The van der Waals surface area contributed by atoms with Gasteiger partial charge in [0.05, 0.1) is 31.5 Å². The number of aryl methyl sites for hydroxylation is 1. The van der Waals surface area contributed by atoms with Crippen molar-refractivity contribution in [3.63, 3.8) is 0 Å². The van der Waals surface area contributed by atoms with Gasteiger partial charge in [-0.05, 0) is 167 Å². The standard InChI is InChI=1S/C65H81F2N9O9/c1-7-47-51(66)14-8-42-32-46(84-40-81-5)34-50(55(42)47)48-12-13-49-57(56(48)67)69-60(70-58(49)74-36-44-10-11-45(37-74)76(44)62(80)85-63(2,3)4)83-39-65(21-22-65)38-72-30-28-71(29-31-72)35-41-16-19-64(20-17-41)23-26-73(27-24-64)59(78)43-9-15-53(82-6)52(33-43)75-25-18-54(77)68-61(75)79/h8-9,12-15,32-34,41,44-45H,7,10-11,16-31,35-40H2,1-6H3,(H,68,77,79). The number of anilines is 2. The van der Waals surface area contributed by atoms with E-state index in [0.29, 0.717) is 101 Å². The summed E-state index contributed by atoms with van der Waals surface area (Å²) in [5.74, 6) is 0.817. The van der Waals surface area contributed by atoms with E-state index in [1.165, 1.54) is 50.9 Å². The third-order valence-electron chi connectivity index (χ3n) is 19.3. The van der Waals surface area contributed by atoms with Crippen LogP contribution in [0.25, 0.3) is 32.8 Å². The number of amides is 5. The summed E-state index contributed by atoms with van der Waals surface area (Å²) in [4.78, 5) is 74.6. The number of nitrogens with one attached hydrogen (secondary N) is 1. The highest BCUT2D eigenvalue weighted by atomic mass is 19.1. The summed E-state index contributed by atoms with van der Waals surface area (Å²) in [6.07, 6.45) is 10.6. The molecule has 7 fully saturated rings. The fourth-order valence-electron chi connectivity index (χ4n) is 14.5. The van der Waals surface area contributed by atoms with Gasteiger partial charge in [0.25, 0.3) is 5.91 Å². The molecule has 2 bridgehead atoms. The highest BCUT2D eigenvalue weighted by Gasteiger charge is 2.48. The number of carbonyl (C=O) groups excluding carboxylic acids is 4. The molecule has 2 unspecified atom stereocenters. The molecule has 1 aromatic heterocycles. The van der Waals surface area contributed by atoms with Crippen LogP contribution in [0.3, 0.4) is 0 Å². The zero-order valence-electron chi connectivity index (χ0n) is 50.1. The zero-order valence-corrected chi connectivity index (χ0v) is 50.1. The predicted molar refractivity (Wildman–Crippen MR) is 319 cm³/mol. The number of piperazine rings is 2. The number of aromatic nitrogens is 2. The number of halogens is 2. The van der Waals surface area contributed by atoms with Gasteiger partial charge in [-0.15, -0.1) is 0 Å². The van der Waals surface area contributed by atoms with Crippen LogP contribution in [-0.4, -0.2) is 171 Å². The van der Waals surface area contributed by atoms with E-state index >= 15 is 8.78 Å². The number of carbonyl (C=O) groups is 4. The lowest BCUT2D eigenvalue weighted by molar-refractivity contribution is -0.120. The number of rotatable bonds is 16. The smallest absolute Gasteiger partial charge is 0.410 e. The number of hydrogen-bond acceptors (Lipinski definition) is 14. The third-order valence-corrected chi connectivity index (χ3v) is 19.3. The summed E-state index contributed by atoms with van der Waals surface area (Å²) in [5, 5.41) is 4.20. The summed E-state index contributed by atoms with van der Waals surface area (Å²) in [6.45, 7) is 16.4. The Balaban J connectivity index is 0.689. The molecule has 6 heterocycles. The molecule has 18 nitrogen and oxygen atoms in total. The number of hydrogen-bond donors (Lipinski definition) is 1. The first-order valence-corrected chi connectivity index (χ1v) is 30.7. The molecule has 5 saturated heterocycles. The number of benzene rings is 4. The van der Waals surface area contributed by atoms with Gasteiger partial charge in [-0.25, -0.2) is 18.4 Å². The molecule has 5 aliphatic heterocycles. The third kappa shape index (κ3) is 12.2. The van der Waals surface area contributed by atoms with Gasteiger partial charge >= 0.3 is 18.1 Å². The monoisotopic (exact) mass is 1170 g/mol. The maximum atomic E-state index is 17.8. The minimum absolute atomic E-state index is 0.0180. The van der Waals surface area contributed by atoms with Gasteiger partial charge in [0.1, 0.15) is 34.3 Å². The van der Waals surface area contributed by atoms with E-state index in [0.717, 1.165) is 77.8 Å². The Morgan fingerprint density at radius 1 is 0.788 bits per heavy atom. The molecule has 1 N–H and O–H groups in total. The van der Waals surface area contributed by atoms with Gasteiger partial charge in [-0.2, -0.15) is 9.97 Å². The summed E-state index contributed by atoms with van der Waals surface area (Å²) in [7, 11) is 3.06. The fourth-order valence-corrected chi connectivity index (χ4v) is 14.5. The summed E-state index contributed by atoms with van der Waals surface area (Å²) in [6, 6.07) is 14.8. The van der Waals surface area contributed by atoms with E-state index in [2.05, 4.69) is 20.0 Å². The fraction of sp³-hybridized carbons (Fsp3) is 0.569. The first-order valence-electron chi connectivity index (χ1n) is 30.7. The van der Waals surface area contributed by atoms with E-state index in [1.807, 2.05) is 49.6 Å². The topological polar surface area (TPSA) is 172 Å². The van der Waals surface area contributed by atoms with Crippen LogP contribution in [0.2, 0.25) is 0 Å². The summed E-state index contributed by atoms with van der Waals surface area (Å²) < 4.78 is 62.6. The SMILES string of the molecule is CCc1c(F)ccc2cc(OCOC)cc(-c3ccc4c(N5CC6CCC(C5)N6C(=O)OC(C)(C)C)nc(OCC5(CN6CCN(CC7CCC8(CC7)CCN(C(=O)c7ccc(OC)c(N9CCC(=O)NC9=O)c7)CC8)CC6)CC5)nc4c3F)c12. The van der Waals surface area contributed by atoms with Crippen molar-refractivity contribution in [2.24, 2.45) is 16.7 Å². The van der Waals surface area contributed by atoms with E-state index in [-0.39, 0.29) is 83.5 Å². The van der Waals surface area contributed by atoms with Crippen molar-refractivity contribution < 1.29 is 51.6 Å². The molecule has 5 amide bonds. The first-order chi connectivity index (χ1) is 40.9. The van der Waals surface area contributed by atoms with Crippen LogP contribution in [0, 0.1) is 28.4 Å². The van der Waals surface area contributed by atoms with Gasteiger partial charge in [-0.1, -0.05) is 19.1 Å². The molecule has 0 radical (unpaired) electrons. The maximum absolute atomic E-state index is 17.8. The second kappa shape index (κ2) is 23.8. The average Bonchev–Trinajstić information content (AvgIpc) is 2.53. The number of urea groups is 1. The molecule has 454 valence electrons. The number of nitrogens with zero attached hydrogens (tertiary/aromatic N) is 8. The Hall–Kier alpha value is -6.90. The molecule has 85 heavy (non-hydrogen) atoms. The van der Waals surface area contributed by atoms with Crippen molar-refractivity contribution in [1.29, 1.82) is 0 Å². The molecule has 4 aromatic carbocycles. The normalized spacial score (nSPS) is 21.9. The lowest BCUT2D eigenvalue weighted by atomic mass is 9.65. The van der Waals surface area contributed by atoms with Gasteiger partial charge in [0.15, 0.2) is 12.6 Å². The molecule has 2 saturated carbocycles. The highest BCUT2D eigenvalue weighted by Crippen LogP contribution is 2.49. The molecule has 20 heteroatoms. The average molecular weight is 1170 g/mol. The van der Waals surface area contributed by atoms with Gasteiger partial charge in [0, 0.05) is 107 Å². The number of imide groups is 1. The van der Waals surface area contributed by atoms with Crippen molar-refractivity contribution in [2.75, 3.05) is 109 Å². The maximum Gasteiger partial charge on any atom is 0.410 e. The number of fused-ring (bicyclic) bond motifs is 4. The van der Waals surface area contributed by atoms with Crippen molar-refractivity contribution in [1.82, 2.24) is 34.9 Å².